The lowest BCUT2D eigenvalue weighted by molar-refractivity contribution is -0.00000962. The van der Waals surface area contributed by atoms with E-state index >= 15 is 0 Å². The second-order valence-electron chi connectivity index (χ2n) is 10.1. The predicted octanol–water partition coefficient (Wildman–Crippen LogP) is 5.21. The zero-order valence-corrected chi connectivity index (χ0v) is 25.1. The Morgan fingerprint density at radius 3 is 1.35 bits per heavy atom. The van der Waals surface area contributed by atoms with Gasteiger partial charge in [0.2, 0.25) is 0 Å². The Labute approximate surface area is 237 Å². The number of rotatable bonds is 17. The van der Waals surface area contributed by atoms with E-state index in [0.717, 1.165) is 12.8 Å². The molecule has 1 N–H and O–H groups in total. The minimum absolute atomic E-state index is 0. The summed E-state index contributed by atoms with van der Waals surface area (Å²) in [7, 11) is -1.66. The normalized spacial score (nSPS) is 12.4. The van der Waals surface area contributed by atoms with Gasteiger partial charge in [-0.2, -0.15) is 0 Å². The van der Waals surface area contributed by atoms with Crippen LogP contribution in [0.4, 0.5) is 0 Å². The van der Waals surface area contributed by atoms with Crippen LogP contribution >= 0.6 is 7.26 Å². The largest absolute Gasteiger partial charge is 1.00 e. The molecule has 1 atom stereocenters. The van der Waals surface area contributed by atoms with Crippen LogP contribution in [0.15, 0.2) is 103 Å². The highest BCUT2D eigenvalue weighted by Gasteiger charge is 2.44. The first kappa shape index (κ1) is 31.5. The van der Waals surface area contributed by atoms with Crippen molar-refractivity contribution < 1.29 is 22.1 Å². The van der Waals surface area contributed by atoms with Crippen molar-refractivity contribution in [1.82, 2.24) is 0 Å². The van der Waals surface area contributed by atoms with Crippen molar-refractivity contribution in [3.05, 3.63) is 103 Å². The summed E-state index contributed by atoms with van der Waals surface area (Å²) in [4.78, 5) is 0. The summed E-state index contributed by atoms with van der Waals surface area (Å²) in [6.45, 7) is 1.85. The first-order valence-corrected chi connectivity index (χ1v) is 16.1. The highest BCUT2D eigenvalue weighted by molar-refractivity contribution is 7.95. The molecule has 3 aromatic rings. The summed E-state index contributed by atoms with van der Waals surface area (Å²) in [5.74, 6) is 0. The molecular formula is C34H46BrOP. The summed E-state index contributed by atoms with van der Waals surface area (Å²) in [6, 6.07) is 33.8. The van der Waals surface area contributed by atoms with Crippen LogP contribution in [0.2, 0.25) is 0 Å². The highest BCUT2D eigenvalue weighted by Crippen LogP contribution is 2.56. The zero-order chi connectivity index (χ0) is 25.3. The molecule has 3 aromatic carbocycles. The lowest BCUT2D eigenvalue weighted by atomic mass is 10.1. The Balaban J connectivity index is 0.00000481. The second kappa shape index (κ2) is 18.5. The fourth-order valence-corrected chi connectivity index (χ4v) is 9.55. The lowest BCUT2D eigenvalue weighted by Crippen LogP contribution is -3.00. The van der Waals surface area contributed by atoms with Crippen LogP contribution in [0.3, 0.4) is 0 Å². The van der Waals surface area contributed by atoms with Crippen molar-refractivity contribution in [2.75, 3.05) is 6.16 Å². The van der Waals surface area contributed by atoms with Crippen molar-refractivity contribution in [3.63, 3.8) is 0 Å². The lowest BCUT2D eigenvalue weighted by Gasteiger charge is -2.27. The standard InChI is InChI=1S/C34H46OP.BrH/c1-31(35)23-15-10-8-6-4-2-3-5-7-9-11-22-30-36(32-24-16-12-17-25-32,33-26-18-13-19-27-33)34-28-20-14-21-29-34;/h10,12-21,24-29,31,35H,2-9,11,22-23,30H2,1H3;1H/q+1;/p-1/b15-10-;/t31-;/m1./s1. The maximum absolute atomic E-state index is 9.28. The van der Waals surface area contributed by atoms with Gasteiger partial charge in [-0.05, 0) is 75.4 Å². The van der Waals surface area contributed by atoms with E-state index in [1.165, 1.54) is 79.9 Å². The van der Waals surface area contributed by atoms with Crippen LogP contribution in [0.5, 0.6) is 0 Å². The molecule has 0 saturated heterocycles. The minimum Gasteiger partial charge on any atom is -1.00 e. The minimum atomic E-state index is -1.66. The number of aliphatic hydroxyl groups excluding tert-OH is 1. The van der Waals surface area contributed by atoms with E-state index in [2.05, 4.69) is 103 Å². The average molecular weight is 582 g/mol. The zero-order valence-electron chi connectivity index (χ0n) is 22.6. The van der Waals surface area contributed by atoms with E-state index in [-0.39, 0.29) is 23.1 Å². The van der Waals surface area contributed by atoms with Gasteiger partial charge in [0.15, 0.2) is 0 Å². The average Bonchev–Trinajstić information content (AvgIpc) is 2.92. The van der Waals surface area contributed by atoms with E-state index in [1.54, 1.807) is 0 Å². The third-order valence-electron chi connectivity index (χ3n) is 7.10. The molecule has 0 aliphatic rings. The maximum Gasteiger partial charge on any atom is 0.112 e. The number of hydrogen-bond donors (Lipinski definition) is 1. The van der Waals surface area contributed by atoms with Crippen LogP contribution < -0.4 is 32.9 Å². The van der Waals surface area contributed by atoms with Gasteiger partial charge in [-0.25, -0.2) is 0 Å². The number of halogens is 1. The molecule has 0 radical (unpaired) electrons. The highest BCUT2D eigenvalue weighted by atomic mass is 79.9. The van der Waals surface area contributed by atoms with Crippen molar-refractivity contribution in [3.8, 4) is 0 Å². The van der Waals surface area contributed by atoms with E-state index < -0.39 is 7.26 Å². The molecule has 0 aliphatic heterocycles. The SMILES string of the molecule is C[C@@H](O)C/C=C\CCCCCCCCCCC[P+](c1ccccc1)(c1ccccc1)c1ccccc1.[Br-]. The molecule has 0 bridgehead atoms. The van der Waals surface area contributed by atoms with Crippen LogP contribution in [-0.4, -0.2) is 17.4 Å². The number of benzene rings is 3. The fraction of sp³-hybridized carbons (Fsp3) is 0.412. The fourth-order valence-electron chi connectivity index (χ4n) is 5.14. The van der Waals surface area contributed by atoms with Gasteiger partial charge in [0.05, 0.1) is 12.3 Å². The van der Waals surface area contributed by atoms with Crippen LogP contribution in [0.1, 0.15) is 77.6 Å². The van der Waals surface area contributed by atoms with Gasteiger partial charge in [-0.3, -0.25) is 0 Å². The number of aliphatic hydroxyl groups is 1. The molecular weight excluding hydrogens is 535 g/mol. The van der Waals surface area contributed by atoms with Crippen molar-refractivity contribution in [2.45, 2.75) is 83.7 Å². The first-order chi connectivity index (χ1) is 17.7. The summed E-state index contributed by atoms with van der Waals surface area (Å²) in [6.07, 6.45) is 19.3. The maximum atomic E-state index is 9.28. The molecule has 0 amide bonds. The topological polar surface area (TPSA) is 20.2 Å². The molecule has 0 saturated carbocycles. The molecule has 0 heterocycles. The van der Waals surface area contributed by atoms with Gasteiger partial charge in [0, 0.05) is 0 Å². The third-order valence-corrected chi connectivity index (χ3v) is 11.6. The monoisotopic (exact) mass is 580 g/mol. The summed E-state index contributed by atoms with van der Waals surface area (Å²) < 4.78 is 0. The molecule has 1 nitrogen and oxygen atoms in total. The van der Waals surface area contributed by atoms with Crippen LogP contribution in [-0.2, 0) is 0 Å². The van der Waals surface area contributed by atoms with Gasteiger partial charge in [0.1, 0.15) is 23.2 Å². The van der Waals surface area contributed by atoms with Crippen molar-refractivity contribution >= 4 is 23.2 Å². The van der Waals surface area contributed by atoms with Gasteiger partial charge >= 0.3 is 0 Å². The Bertz CT molecular complexity index is 876. The van der Waals surface area contributed by atoms with Crippen molar-refractivity contribution in [1.29, 1.82) is 0 Å². The Morgan fingerprint density at radius 1 is 0.568 bits per heavy atom. The molecule has 0 unspecified atom stereocenters. The number of hydrogen-bond acceptors (Lipinski definition) is 1. The molecule has 37 heavy (non-hydrogen) atoms. The van der Waals surface area contributed by atoms with Gasteiger partial charge in [0.25, 0.3) is 0 Å². The van der Waals surface area contributed by atoms with Gasteiger partial charge in [-0.15, -0.1) is 0 Å². The van der Waals surface area contributed by atoms with E-state index in [1.807, 2.05) is 6.92 Å². The number of allylic oxidation sites excluding steroid dienone is 1. The molecule has 200 valence electrons. The third kappa shape index (κ3) is 10.5. The van der Waals surface area contributed by atoms with Crippen LogP contribution in [0.25, 0.3) is 0 Å². The number of unbranched alkanes of at least 4 members (excludes halogenated alkanes) is 9. The van der Waals surface area contributed by atoms with Gasteiger partial charge < -0.3 is 22.1 Å². The van der Waals surface area contributed by atoms with Crippen molar-refractivity contribution in [2.24, 2.45) is 0 Å². The Hall–Kier alpha value is -1.73. The summed E-state index contributed by atoms with van der Waals surface area (Å²) in [5.41, 5.74) is 0. The molecule has 0 fully saturated rings. The smallest absolute Gasteiger partial charge is 0.112 e. The van der Waals surface area contributed by atoms with E-state index in [9.17, 15) is 5.11 Å². The molecule has 3 rings (SSSR count). The summed E-state index contributed by atoms with van der Waals surface area (Å²) >= 11 is 0. The first-order valence-electron chi connectivity index (χ1n) is 14.1. The quantitative estimate of drug-likeness (QED) is 0.132. The Morgan fingerprint density at radius 2 is 0.946 bits per heavy atom. The molecule has 0 aliphatic carbocycles. The molecule has 0 aromatic heterocycles. The second-order valence-corrected chi connectivity index (χ2v) is 13.7. The summed E-state index contributed by atoms with van der Waals surface area (Å²) in [5, 5.41) is 13.8. The van der Waals surface area contributed by atoms with Gasteiger partial charge in [-0.1, -0.05) is 105 Å². The van der Waals surface area contributed by atoms with E-state index in [0.29, 0.717) is 0 Å². The van der Waals surface area contributed by atoms with E-state index in [4.69, 9.17) is 0 Å². The predicted molar refractivity (Wildman–Crippen MR) is 162 cm³/mol. The van der Waals surface area contributed by atoms with Crippen LogP contribution in [0, 0.1) is 0 Å². The molecule has 0 spiro atoms. The Kier molecular flexibility index (Phi) is 15.8. The molecule has 3 heteroatoms.